The van der Waals surface area contributed by atoms with Crippen molar-refractivity contribution in [2.45, 2.75) is 52.1 Å². The predicted molar refractivity (Wildman–Crippen MR) is 97.8 cm³/mol. The Morgan fingerprint density at radius 1 is 1.42 bits per heavy atom. The third-order valence-corrected chi connectivity index (χ3v) is 5.38. The highest BCUT2D eigenvalue weighted by Crippen LogP contribution is 2.41. The standard InChI is InChI=1S/C19H28N2O5/c1-12(2)15-6-4-13(3)11-19(15,24)18(23)20-9-8-14-5-7-17(22)16(10-14)21(25)26/h5,7,10,12-13,15,22,24H,4,6,8-9,11H2,1-3H3,(H,20,23)/t13?,15?,19-/m1/s1. The molecule has 0 heterocycles. The number of amides is 1. The molecule has 2 rings (SSSR count). The van der Waals surface area contributed by atoms with Gasteiger partial charge in [0.05, 0.1) is 4.92 Å². The summed E-state index contributed by atoms with van der Waals surface area (Å²) >= 11 is 0. The van der Waals surface area contributed by atoms with E-state index in [0.29, 0.717) is 24.3 Å². The predicted octanol–water partition coefficient (Wildman–Crippen LogP) is 2.78. The molecule has 2 unspecified atom stereocenters. The van der Waals surface area contributed by atoms with Crippen molar-refractivity contribution in [1.29, 1.82) is 0 Å². The SMILES string of the molecule is CC1CCC(C(C)C)[C@@](O)(C(=O)NCCc2ccc(O)c([N+](=O)[O-])c2)C1. The number of aromatic hydroxyl groups is 1. The zero-order chi connectivity index (χ0) is 19.5. The number of phenolic OH excluding ortho intramolecular Hbond substituents is 1. The van der Waals surface area contributed by atoms with E-state index in [2.05, 4.69) is 5.32 Å². The second-order valence-electron chi connectivity index (χ2n) is 7.75. The quantitative estimate of drug-likeness (QED) is 0.531. The van der Waals surface area contributed by atoms with Crippen LogP contribution in [0.1, 0.15) is 45.6 Å². The molecule has 0 aliphatic heterocycles. The lowest BCUT2D eigenvalue weighted by atomic mass is 9.66. The summed E-state index contributed by atoms with van der Waals surface area (Å²) in [7, 11) is 0. The van der Waals surface area contributed by atoms with Crippen LogP contribution < -0.4 is 5.32 Å². The van der Waals surface area contributed by atoms with Gasteiger partial charge in [-0.05, 0) is 48.6 Å². The summed E-state index contributed by atoms with van der Waals surface area (Å²) in [6.07, 6.45) is 2.67. The molecule has 26 heavy (non-hydrogen) atoms. The van der Waals surface area contributed by atoms with Gasteiger partial charge >= 0.3 is 5.69 Å². The van der Waals surface area contributed by atoms with Crippen LogP contribution in [0.15, 0.2) is 18.2 Å². The minimum atomic E-state index is -1.37. The van der Waals surface area contributed by atoms with Crippen molar-refractivity contribution < 1.29 is 19.9 Å². The molecule has 3 atom stereocenters. The molecule has 0 bridgehead atoms. The lowest BCUT2D eigenvalue weighted by Crippen LogP contribution is -2.56. The summed E-state index contributed by atoms with van der Waals surface area (Å²) in [5.74, 6) is -0.323. The van der Waals surface area contributed by atoms with Crippen molar-refractivity contribution in [3.8, 4) is 5.75 Å². The van der Waals surface area contributed by atoms with Crippen LogP contribution in [-0.4, -0.2) is 33.2 Å². The van der Waals surface area contributed by atoms with E-state index in [-0.39, 0.29) is 35.7 Å². The summed E-state index contributed by atoms with van der Waals surface area (Å²) in [5, 5.41) is 34.2. The first kappa shape index (κ1) is 20.2. The highest BCUT2D eigenvalue weighted by Gasteiger charge is 2.48. The Hall–Kier alpha value is -2.15. The molecule has 1 amide bonds. The Bertz CT molecular complexity index is 676. The number of nitro benzene ring substituents is 1. The van der Waals surface area contributed by atoms with Gasteiger partial charge in [0.1, 0.15) is 5.60 Å². The smallest absolute Gasteiger partial charge is 0.310 e. The van der Waals surface area contributed by atoms with Crippen LogP contribution in [0.2, 0.25) is 0 Å². The van der Waals surface area contributed by atoms with Crippen LogP contribution in [0.5, 0.6) is 5.75 Å². The Labute approximate surface area is 153 Å². The Kier molecular flexibility index (Phi) is 6.23. The monoisotopic (exact) mass is 364 g/mol. The van der Waals surface area contributed by atoms with E-state index >= 15 is 0 Å². The second kappa shape index (κ2) is 8.03. The van der Waals surface area contributed by atoms with Gasteiger partial charge in [0.15, 0.2) is 5.75 Å². The van der Waals surface area contributed by atoms with E-state index in [1.165, 1.54) is 12.1 Å². The molecule has 0 aromatic heterocycles. The Balaban J connectivity index is 2.01. The van der Waals surface area contributed by atoms with E-state index < -0.39 is 10.5 Å². The van der Waals surface area contributed by atoms with Crippen molar-refractivity contribution in [1.82, 2.24) is 5.32 Å². The molecule has 3 N–H and O–H groups in total. The number of benzene rings is 1. The maximum atomic E-state index is 12.7. The van der Waals surface area contributed by atoms with Gasteiger partial charge in [-0.15, -0.1) is 0 Å². The molecule has 1 aromatic carbocycles. The van der Waals surface area contributed by atoms with Crippen LogP contribution in [-0.2, 0) is 11.2 Å². The molecule has 1 fully saturated rings. The molecule has 0 spiro atoms. The van der Waals surface area contributed by atoms with Crippen LogP contribution >= 0.6 is 0 Å². The number of phenols is 1. The third kappa shape index (κ3) is 4.33. The number of carbonyl (C=O) groups is 1. The average molecular weight is 364 g/mol. The van der Waals surface area contributed by atoms with Gasteiger partial charge in [-0.3, -0.25) is 14.9 Å². The van der Waals surface area contributed by atoms with E-state index in [1.807, 2.05) is 20.8 Å². The highest BCUT2D eigenvalue weighted by atomic mass is 16.6. The van der Waals surface area contributed by atoms with Crippen LogP contribution in [0.3, 0.4) is 0 Å². The van der Waals surface area contributed by atoms with Gasteiger partial charge in [0.2, 0.25) is 0 Å². The van der Waals surface area contributed by atoms with Gasteiger partial charge in [0.25, 0.3) is 5.91 Å². The second-order valence-corrected chi connectivity index (χ2v) is 7.75. The fourth-order valence-electron chi connectivity index (χ4n) is 3.98. The first-order valence-corrected chi connectivity index (χ1v) is 9.12. The molecular weight excluding hydrogens is 336 g/mol. The topological polar surface area (TPSA) is 113 Å². The normalized spacial score (nSPS) is 25.9. The maximum absolute atomic E-state index is 12.7. The molecule has 1 aliphatic carbocycles. The number of nitro groups is 1. The van der Waals surface area contributed by atoms with Gasteiger partial charge in [0, 0.05) is 12.6 Å². The highest BCUT2D eigenvalue weighted by molar-refractivity contribution is 5.85. The number of nitrogens with zero attached hydrogens (tertiary/aromatic N) is 1. The van der Waals surface area contributed by atoms with Crippen molar-refractivity contribution in [2.75, 3.05) is 6.54 Å². The zero-order valence-electron chi connectivity index (χ0n) is 15.6. The van der Waals surface area contributed by atoms with Crippen molar-refractivity contribution in [3.63, 3.8) is 0 Å². The van der Waals surface area contributed by atoms with Crippen LogP contribution in [0.25, 0.3) is 0 Å². The number of nitrogens with one attached hydrogen (secondary N) is 1. The molecule has 0 radical (unpaired) electrons. The molecule has 144 valence electrons. The van der Waals surface area contributed by atoms with Crippen molar-refractivity contribution >= 4 is 11.6 Å². The molecule has 0 saturated heterocycles. The van der Waals surface area contributed by atoms with Crippen LogP contribution in [0.4, 0.5) is 5.69 Å². The zero-order valence-corrected chi connectivity index (χ0v) is 15.6. The summed E-state index contributed by atoms with van der Waals surface area (Å²) < 4.78 is 0. The van der Waals surface area contributed by atoms with Gasteiger partial charge in [-0.1, -0.05) is 33.3 Å². The molecule has 1 saturated carbocycles. The maximum Gasteiger partial charge on any atom is 0.310 e. The number of hydrogen-bond acceptors (Lipinski definition) is 5. The minimum Gasteiger partial charge on any atom is -0.502 e. The largest absolute Gasteiger partial charge is 0.502 e. The first-order valence-electron chi connectivity index (χ1n) is 9.12. The summed E-state index contributed by atoms with van der Waals surface area (Å²) in [6, 6.07) is 4.17. The molecule has 7 nitrogen and oxygen atoms in total. The lowest BCUT2D eigenvalue weighted by molar-refractivity contribution is -0.385. The number of carbonyl (C=O) groups excluding carboxylic acids is 1. The van der Waals surface area contributed by atoms with E-state index in [0.717, 1.165) is 12.8 Å². The lowest BCUT2D eigenvalue weighted by Gasteiger charge is -2.43. The van der Waals surface area contributed by atoms with Crippen LogP contribution in [0, 0.1) is 27.9 Å². The van der Waals surface area contributed by atoms with Gasteiger partial charge < -0.3 is 15.5 Å². The minimum absolute atomic E-state index is 0.0755. The number of rotatable bonds is 6. The van der Waals surface area contributed by atoms with Gasteiger partial charge in [-0.25, -0.2) is 0 Å². The molecule has 1 aliphatic rings. The molecular formula is C19H28N2O5. The van der Waals surface area contributed by atoms with Crippen molar-refractivity contribution in [2.24, 2.45) is 17.8 Å². The Morgan fingerprint density at radius 3 is 2.73 bits per heavy atom. The molecule has 1 aromatic rings. The third-order valence-electron chi connectivity index (χ3n) is 5.38. The Morgan fingerprint density at radius 2 is 2.12 bits per heavy atom. The first-order chi connectivity index (χ1) is 12.1. The summed E-state index contributed by atoms with van der Waals surface area (Å²) in [4.78, 5) is 22.9. The van der Waals surface area contributed by atoms with E-state index in [4.69, 9.17) is 0 Å². The van der Waals surface area contributed by atoms with Crippen molar-refractivity contribution in [3.05, 3.63) is 33.9 Å². The van der Waals surface area contributed by atoms with Gasteiger partial charge in [-0.2, -0.15) is 0 Å². The van der Waals surface area contributed by atoms with E-state index in [1.54, 1.807) is 6.07 Å². The molecule has 7 heteroatoms. The fraction of sp³-hybridized carbons (Fsp3) is 0.632. The summed E-state index contributed by atoms with van der Waals surface area (Å²) in [5.41, 5.74) is -1.08. The fourth-order valence-corrected chi connectivity index (χ4v) is 3.98. The number of aliphatic hydroxyl groups is 1. The number of hydrogen-bond donors (Lipinski definition) is 3. The average Bonchev–Trinajstić information content (AvgIpc) is 2.55. The van der Waals surface area contributed by atoms with E-state index in [9.17, 15) is 25.1 Å². The summed E-state index contributed by atoms with van der Waals surface area (Å²) in [6.45, 7) is 6.36.